The molecule has 228 valence electrons. The van der Waals surface area contributed by atoms with E-state index in [2.05, 4.69) is 10.6 Å². The maximum Gasteiger partial charge on any atom is 0.412 e. The molecule has 0 radical (unpaired) electrons. The van der Waals surface area contributed by atoms with Crippen LogP contribution in [-0.2, 0) is 9.53 Å². The number of carbonyl (C=O) groups excluding carboxylic acids is 2. The Morgan fingerprint density at radius 3 is 2.59 bits per heavy atom. The third-order valence-corrected chi connectivity index (χ3v) is 7.61. The van der Waals surface area contributed by atoms with E-state index >= 15 is 0 Å². The number of aromatic nitrogens is 1. The molecular weight excluding hydrogens is 588 g/mol. The topological polar surface area (TPSA) is 94.4 Å². The van der Waals surface area contributed by atoms with Crippen molar-refractivity contribution in [1.29, 1.82) is 0 Å². The van der Waals surface area contributed by atoms with Crippen LogP contribution in [0.1, 0.15) is 63.6 Å². The summed E-state index contributed by atoms with van der Waals surface area (Å²) in [6.07, 6.45) is 2.60. The van der Waals surface area contributed by atoms with Gasteiger partial charge in [-0.3, -0.25) is 10.1 Å². The van der Waals surface area contributed by atoms with Crippen LogP contribution in [-0.4, -0.2) is 17.6 Å². The van der Waals surface area contributed by atoms with Crippen LogP contribution in [0.5, 0.6) is 0 Å². The smallest absolute Gasteiger partial charge is 0.412 e. The molecule has 0 aliphatic carbocycles. The number of hydrogen-bond donors (Lipinski definition) is 2. The Labute approximate surface area is 259 Å². The molecule has 7 nitrogen and oxygen atoms in total. The normalized spacial score (nSPS) is 15.3. The van der Waals surface area contributed by atoms with Crippen LogP contribution in [0, 0.1) is 16.8 Å². The second kappa shape index (κ2) is 12.6. The second-order valence-electron chi connectivity index (χ2n) is 11.7. The highest BCUT2D eigenvalue weighted by atomic mass is 35.5. The van der Waals surface area contributed by atoms with Gasteiger partial charge in [0, 0.05) is 23.7 Å². The molecule has 2 heterocycles. The molecule has 10 heteroatoms. The van der Waals surface area contributed by atoms with Crippen LogP contribution >= 0.6 is 11.6 Å². The number of benzene rings is 3. The highest BCUT2D eigenvalue weighted by Gasteiger charge is 2.26. The van der Waals surface area contributed by atoms with Crippen LogP contribution in [0.15, 0.2) is 72.9 Å². The van der Waals surface area contributed by atoms with Gasteiger partial charge in [0.15, 0.2) is 17.7 Å². The minimum Gasteiger partial charge on any atom is -0.618 e. The highest BCUT2D eigenvalue weighted by Crippen LogP contribution is 2.37. The molecule has 1 aromatic heterocycles. The zero-order valence-corrected chi connectivity index (χ0v) is 25.3. The molecule has 2 bridgehead atoms. The first-order valence-electron chi connectivity index (χ1n) is 14.3. The van der Waals surface area contributed by atoms with Gasteiger partial charge in [-0.2, -0.15) is 4.73 Å². The monoisotopic (exact) mass is 619 g/mol. The third-order valence-electron chi connectivity index (χ3n) is 7.32. The Morgan fingerprint density at radius 1 is 1.05 bits per heavy atom. The van der Waals surface area contributed by atoms with Crippen molar-refractivity contribution in [3.05, 3.63) is 106 Å². The van der Waals surface area contributed by atoms with Gasteiger partial charge in [0.2, 0.25) is 5.91 Å². The fraction of sp³-hybridized carbons (Fsp3) is 0.265. The van der Waals surface area contributed by atoms with E-state index in [-0.39, 0.29) is 34.4 Å². The summed E-state index contributed by atoms with van der Waals surface area (Å²) in [6, 6.07) is 18.2. The van der Waals surface area contributed by atoms with Crippen LogP contribution in [0.2, 0.25) is 5.02 Å². The fourth-order valence-corrected chi connectivity index (χ4v) is 5.51. The molecule has 0 saturated heterocycles. The lowest BCUT2D eigenvalue weighted by Gasteiger charge is -2.21. The summed E-state index contributed by atoms with van der Waals surface area (Å²) >= 11 is 5.87. The quantitative estimate of drug-likeness (QED) is 0.136. The maximum absolute atomic E-state index is 14.7. The van der Waals surface area contributed by atoms with Gasteiger partial charge in [-0.25, -0.2) is 13.6 Å². The number of nitrogens with zero attached hydrogens (tertiary/aromatic N) is 1. The minimum atomic E-state index is -0.931. The highest BCUT2D eigenvalue weighted by molar-refractivity contribution is 6.31. The number of ether oxygens (including phenoxy) is 1. The average Bonchev–Trinajstić information content (AvgIpc) is 2.94. The lowest BCUT2D eigenvalue weighted by atomic mass is 9.87. The van der Waals surface area contributed by atoms with E-state index in [1.165, 1.54) is 6.07 Å². The summed E-state index contributed by atoms with van der Waals surface area (Å²) in [6.45, 7) is 5.31. The molecule has 4 aromatic rings. The summed E-state index contributed by atoms with van der Waals surface area (Å²) in [5.41, 5.74) is 2.82. The number of nitrogens with one attached hydrogen (secondary N) is 2. The summed E-state index contributed by atoms with van der Waals surface area (Å²) in [4.78, 5) is 25.3. The van der Waals surface area contributed by atoms with Crippen molar-refractivity contribution >= 4 is 35.0 Å². The number of amides is 2. The van der Waals surface area contributed by atoms with Gasteiger partial charge in [-0.15, -0.1) is 0 Å². The van der Waals surface area contributed by atoms with Crippen LogP contribution in [0.4, 0.5) is 25.0 Å². The number of halogens is 3. The standard InChI is InChI=1S/C34H32ClF2N3O4/c1-34(2,3)44-33(42)38-23-12-13-24-20-7-6-8-21(17-20)25(9-4-5-10-30(41)39-28(24)18-23)29-16-11-22(19-40(29)43)31-27(36)15-14-26(35)32(31)37/h6-8,11-19,25H,4-5,9-10H2,1-3H3,(H,38,42)(H,39,41). The molecule has 1 atom stereocenters. The van der Waals surface area contributed by atoms with Crippen molar-refractivity contribution in [2.45, 2.75) is 58.0 Å². The number of carbonyl (C=O) groups is 2. The Balaban J connectivity index is 1.53. The van der Waals surface area contributed by atoms with Crippen molar-refractivity contribution in [2.24, 2.45) is 0 Å². The predicted octanol–water partition coefficient (Wildman–Crippen LogP) is 8.58. The predicted molar refractivity (Wildman–Crippen MR) is 166 cm³/mol. The number of anilines is 2. The molecule has 0 fully saturated rings. The zero-order valence-electron chi connectivity index (χ0n) is 24.5. The molecule has 44 heavy (non-hydrogen) atoms. The number of fused-ring (bicyclic) bond motifs is 4. The second-order valence-corrected chi connectivity index (χ2v) is 12.2. The van der Waals surface area contributed by atoms with E-state index in [1.54, 1.807) is 45.0 Å². The molecule has 1 unspecified atom stereocenters. The van der Waals surface area contributed by atoms with Gasteiger partial charge < -0.3 is 15.3 Å². The van der Waals surface area contributed by atoms with Crippen molar-refractivity contribution in [3.63, 3.8) is 0 Å². The molecular formula is C34H32ClF2N3O4. The van der Waals surface area contributed by atoms with Crippen molar-refractivity contribution < 1.29 is 27.8 Å². The first-order chi connectivity index (χ1) is 20.9. The Morgan fingerprint density at radius 2 is 1.84 bits per heavy atom. The molecule has 3 aromatic carbocycles. The van der Waals surface area contributed by atoms with E-state index in [0.29, 0.717) is 41.1 Å². The maximum atomic E-state index is 14.7. The fourth-order valence-electron chi connectivity index (χ4n) is 5.36. The van der Waals surface area contributed by atoms with Crippen molar-refractivity contribution in [2.75, 3.05) is 10.6 Å². The van der Waals surface area contributed by atoms with Gasteiger partial charge in [-0.1, -0.05) is 48.4 Å². The summed E-state index contributed by atoms with van der Waals surface area (Å²) < 4.78 is 35.2. The average molecular weight is 620 g/mol. The Bertz CT molecular complexity index is 1740. The Kier molecular flexibility index (Phi) is 8.87. The lowest BCUT2D eigenvalue weighted by molar-refractivity contribution is -0.614. The number of pyridine rings is 1. The van der Waals surface area contributed by atoms with Crippen LogP contribution < -0.4 is 15.4 Å². The molecule has 0 spiro atoms. The third kappa shape index (κ3) is 7.00. The molecule has 2 N–H and O–H groups in total. The van der Waals surface area contributed by atoms with Crippen molar-refractivity contribution in [1.82, 2.24) is 0 Å². The summed E-state index contributed by atoms with van der Waals surface area (Å²) in [5, 5.41) is 18.8. The van der Waals surface area contributed by atoms with Crippen molar-refractivity contribution in [3.8, 4) is 22.3 Å². The van der Waals surface area contributed by atoms with Crippen LogP contribution in [0.3, 0.4) is 0 Å². The SMILES string of the molecule is CC(C)(C)OC(=O)Nc1ccc2c(c1)NC(=O)CCCCC(c1ccc(-c3c(F)ccc(Cl)c3F)c[n+]1[O-])c1cccc-2c1. The summed E-state index contributed by atoms with van der Waals surface area (Å²) in [5.74, 6) is -2.28. The van der Waals surface area contributed by atoms with Gasteiger partial charge >= 0.3 is 6.09 Å². The summed E-state index contributed by atoms with van der Waals surface area (Å²) in [7, 11) is 0. The molecule has 1 aliphatic heterocycles. The molecule has 2 amide bonds. The zero-order chi connectivity index (χ0) is 31.6. The largest absolute Gasteiger partial charge is 0.618 e. The Hall–Kier alpha value is -4.50. The molecule has 1 aliphatic rings. The van der Waals surface area contributed by atoms with E-state index in [4.69, 9.17) is 16.3 Å². The van der Waals surface area contributed by atoms with Gasteiger partial charge in [0.1, 0.15) is 11.4 Å². The minimum absolute atomic E-state index is 0.0737. The van der Waals surface area contributed by atoms with Gasteiger partial charge in [0.25, 0.3) is 0 Å². The van der Waals surface area contributed by atoms with E-state index in [1.807, 2.05) is 24.3 Å². The molecule has 0 saturated carbocycles. The lowest BCUT2D eigenvalue weighted by Crippen LogP contribution is -2.33. The molecule has 5 rings (SSSR count). The van der Waals surface area contributed by atoms with E-state index < -0.39 is 23.3 Å². The van der Waals surface area contributed by atoms with Gasteiger partial charge in [-0.05, 0) is 75.1 Å². The van der Waals surface area contributed by atoms with Crippen LogP contribution in [0.25, 0.3) is 22.3 Å². The first-order valence-corrected chi connectivity index (χ1v) is 14.7. The van der Waals surface area contributed by atoms with E-state index in [0.717, 1.165) is 35.0 Å². The number of hydrogen-bond acceptors (Lipinski definition) is 4. The van der Waals surface area contributed by atoms with E-state index in [9.17, 15) is 23.6 Å². The number of rotatable bonds is 3. The van der Waals surface area contributed by atoms with Gasteiger partial charge in [0.05, 0.1) is 27.8 Å². The first kappa shape index (κ1) is 30.9.